The summed E-state index contributed by atoms with van der Waals surface area (Å²) < 4.78 is 17.6. The zero-order chi connectivity index (χ0) is 28.4. The molecule has 0 radical (unpaired) electrons. The van der Waals surface area contributed by atoms with Crippen LogP contribution in [0.2, 0.25) is 0 Å². The summed E-state index contributed by atoms with van der Waals surface area (Å²) in [5, 5.41) is 10.4. The summed E-state index contributed by atoms with van der Waals surface area (Å²) in [6.07, 6.45) is 3.61. The third-order valence-corrected chi connectivity index (χ3v) is 9.44. The molecule has 2 aliphatic heterocycles. The Morgan fingerprint density at radius 3 is 2.49 bits per heavy atom. The maximum absolute atomic E-state index is 15.6. The normalized spacial score (nSPS) is 20.5. The lowest BCUT2D eigenvalue weighted by atomic mass is 9.92. The van der Waals surface area contributed by atoms with Crippen molar-refractivity contribution in [2.24, 2.45) is 13.0 Å². The second kappa shape index (κ2) is 9.75. The molecule has 2 atom stereocenters. The highest BCUT2D eigenvalue weighted by atomic mass is 19.1. The summed E-state index contributed by atoms with van der Waals surface area (Å²) in [7, 11) is 1.94. The number of aromatic nitrogens is 1. The Balaban J connectivity index is 1.24. The lowest BCUT2D eigenvalue weighted by molar-refractivity contribution is -0.140. The van der Waals surface area contributed by atoms with Crippen LogP contribution in [0.3, 0.4) is 0 Å². The van der Waals surface area contributed by atoms with Crippen molar-refractivity contribution >= 4 is 28.5 Å². The molecule has 1 N–H and O–H groups in total. The quantitative estimate of drug-likeness (QED) is 0.306. The molecule has 1 aromatic heterocycles. The lowest BCUT2D eigenvalue weighted by Crippen LogP contribution is -2.38. The molecule has 1 aliphatic carbocycles. The zero-order valence-electron chi connectivity index (χ0n) is 23.4. The van der Waals surface area contributed by atoms with Gasteiger partial charge < -0.3 is 19.5 Å². The average molecular weight is 552 g/mol. The van der Waals surface area contributed by atoms with Crippen LogP contribution in [-0.4, -0.2) is 46.1 Å². The van der Waals surface area contributed by atoms with E-state index in [4.69, 9.17) is 0 Å². The Morgan fingerprint density at radius 2 is 1.76 bits per heavy atom. The van der Waals surface area contributed by atoms with E-state index < -0.39 is 11.9 Å². The van der Waals surface area contributed by atoms with E-state index in [1.807, 2.05) is 39.6 Å². The number of aliphatic carboxylic acids is 1. The number of amides is 1. The number of nitrogens with zero attached hydrogens (tertiary/aromatic N) is 3. The fourth-order valence-corrected chi connectivity index (χ4v) is 6.89. The number of benzene rings is 3. The minimum absolute atomic E-state index is 0.00508. The van der Waals surface area contributed by atoms with Gasteiger partial charge in [0.15, 0.2) is 0 Å². The van der Waals surface area contributed by atoms with E-state index in [9.17, 15) is 14.7 Å². The van der Waals surface area contributed by atoms with Crippen molar-refractivity contribution in [3.05, 3.63) is 88.7 Å². The van der Waals surface area contributed by atoms with Gasteiger partial charge in [0.05, 0.1) is 17.7 Å². The third-order valence-electron chi connectivity index (χ3n) is 9.44. The minimum Gasteiger partial charge on any atom is -0.481 e. The number of hydrogen-bond acceptors (Lipinski definition) is 3. The predicted octanol–water partition coefficient (Wildman–Crippen LogP) is 6.53. The average Bonchev–Trinajstić information content (AvgIpc) is 3.60. The van der Waals surface area contributed by atoms with Gasteiger partial charge in [-0.2, -0.15) is 0 Å². The van der Waals surface area contributed by atoms with Crippen molar-refractivity contribution in [1.82, 2.24) is 9.47 Å². The fraction of sp³-hybridized carbons (Fsp3) is 0.353. The molecule has 3 aromatic carbocycles. The lowest BCUT2D eigenvalue weighted by Gasteiger charge is -2.35. The van der Waals surface area contributed by atoms with Gasteiger partial charge in [-0.25, -0.2) is 4.39 Å². The molecule has 6 nitrogen and oxygen atoms in total. The first kappa shape index (κ1) is 25.8. The highest BCUT2D eigenvalue weighted by Crippen LogP contribution is 2.45. The smallest absolute Gasteiger partial charge is 0.308 e. The minimum atomic E-state index is -0.802. The van der Waals surface area contributed by atoms with Gasteiger partial charge in [-0.15, -0.1) is 0 Å². The number of carboxylic acid groups (broad SMARTS) is 1. The van der Waals surface area contributed by atoms with Crippen molar-refractivity contribution in [3.63, 3.8) is 0 Å². The van der Waals surface area contributed by atoms with Crippen LogP contribution in [0, 0.1) is 11.7 Å². The van der Waals surface area contributed by atoms with Crippen molar-refractivity contribution in [2.45, 2.75) is 44.6 Å². The number of halogens is 1. The van der Waals surface area contributed by atoms with E-state index in [1.165, 1.54) is 22.8 Å². The van der Waals surface area contributed by atoms with Gasteiger partial charge >= 0.3 is 5.97 Å². The number of rotatable bonds is 5. The van der Waals surface area contributed by atoms with Gasteiger partial charge in [0, 0.05) is 54.4 Å². The van der Waals surface area contributed by atoms with Crippen LogP contribution in [0.4, 0.5) is 10.1 Å². The fourth-order valence-electron chi connectivity index (χ4n) is 6.89. The molecule has 0 unspecified atom stereocenters. The van der Waals surface area contributed by atoms with Crippen molar-refractivity contribution in [1.29, 1.82) is 0 Å². The van der Waals surface area contributed by atoms with E-state index in [-0.39, 0.29) is 17.8 Å². The summed E-state index contributed by atoms with van der Waals surface area (Å²) in [4.78, 5) is 29.2. The molecule has 7 heteroatoms. The number of carboxylic acids is 1. The van der Waals surface area contributed by atoms with Crippen LogP contribution in [0.1, 0.15) is 65.2 Å². The van der Waals surface area contributed by atoms with Gasteiger partial charge in [0.2, 0.25) is 0 Å². The number of carbonyl (C=O) groups excluding carboxylic acids is 1. The number of fused-ring (bicyclic) bond motifs is 2. The molecule has 1 saturated carbocycles. The Hall–Kier alpha value is -4.13. The Kier molecular flexibility index (Phi) is 6.14. The van der Waals surface area contributed by atoms with Crippen LogP contribution < -0.4 is 4.90 Å². The molecule has 0 spiro atoms. The third kappa shape index (κ3) is 4.39. The molecule has 1 saturated heterocycles. The zero-order valence-corrected chi connectivity index (χ0v) is 23.4. The maximum Gasteiger partial charge on any atom is 0.308 e. The first-order chi connectivity index (χ1) is 19.8. The summed E-state index contributed by atoms with van der Waals surface area (Å²) >= 11 is 0. The molecule has 3 aliphatic rings. The molecular formula is C34H34FN3O3. The van der Waals surface area contributed by atoms with Crippen LogP contribution >= 0.6 is 0 Å². The van der Waals surface area contributed by atoms with E-state index in [0.717, 1.165) is 35.9 Å². The summed E-state index contributed by atoms with van der Waals surface area (Å²) in [6.45, 7) is 3.79. The summed E-state index contributed by atoms with van der Waals surface area (Å²) in [5.41, 5.74) is 7.29. The molecule has 41 heavy (non-hydrogen) atoms. The van der Waals surface area contributed by atoms with Gasteiger partial charge in [-0.3, -0.25) is 9.59 Å². The molecule has 1 amide bonds. The van der Waals surface area contributed by atoms with Crippen molar-refractivity contribution in [2.75, 3.05) is 24.5 Å². The Labute approximate surface area is 239 Å². The van der Waals surface area contributed by atoms with E-state index in [2.05, 4.69) is 37.3 Å². The predicted molar refractivity (Wildman–Crippen MR) is 158 cm³/mol. The number of carbonyl (C=O) groups is 2. The first-order valence-electron chi connectivity index (χ1n) is 14.6. The molecule has 2 fully saturated rings. The second-order valence-electron chi connectivity index (χ2n) is 11.9. The van der Waals surface area contributed by atoms with Gasteiger partial charge in [-0.1, -0.05) is 24.3 Å². The summed E-state index contributed by atoms with van der Waals surface area (Å²) in [6, 6.07) is 19.7. The van der Waals surface area contributed by atoms with Gasteiger partial charge in [0.25, 0.3) is 5.91 Å². The number of hydrogen-bond donors (Lipinski definition) is 1. The van der Waals surface area contributed by atoms with Crippen molar-refractivity contribution < 1.29 is 19.1 Å². The van der Waals surface area contributed by atoms with Gasteiger partial charge in [-0.05, 0) is 91.6 Å². The van der Waals surface area contributed by atoms with Crippen LogP contribution in [-0.2, 0) is 18.3 Å². The molecule has 7 rings (SSSR count). The Bertz CT molecular complexity index is 1710. The van der Waals surface area contributed by atoms with E-state index >= 15 is 4.39 Å². The molecule has 4 aromatic rings. The van der Waals surface area contributed by atoms with Crippen LogP contribution in [0.5, 0.6) is 0 Å². The first-order valence-corrected chi connectivity index (χ1v) is 14.6. The molecule has 3 heterocycles. The molecule has 0 bridgehead atoms. The van der Waals surface area contributed by atoms with E-state index in [0.29, 0.717) is 48.8 Å². The standard InChI is InChI=1S/C34H34FN3O3/c1-20-26-6-4-3-5-21(26)12-14-38(20)33(39)24-15-28(22-7-8-22)29-18-32(36(2)31(29)16-24)27-10-9-25(17-30(27)35)37-13-11-23(19-37)34(40)41/h3-6,9-10,15-18,20,22-23H,7-8,11-14,19H2,1-2H3,(H,40,41)/t20-,23-/m1/s1. The monoisotopic (exact) mass is 551 g/mol. The van der Waals surface area contributed by atoms with Crippen molar-refractivity contribution in [3.8, 4) is 11.3 Å². The maximum atomic E-state index is 15.6. The van der Waals surface area contributed by atoms with Gasteiger partial charge in [0.1, 0.15) is 5.82 Å². The largest absolute Gasteiger partial charge is 0.481 e. The second-order valence-corrected chi connectivity index (χ2v) is 11.9. The number of anilines is 1. The molecular weight excluding hydrogens is 517 g/mol. The highest BCUT2D eigenvalue weighted by Gasteiger charge is 2.32. The summed E-state index contributed by atoms with van der Waals surface area (Å²) in [5.74, 6) is -1.10. The van der Waals surface area contributed by atoms with Crippen LogP contribution in [0.25, 0.3) is 22.2 Å². The molecule has 210 valence electrons. The Morgan fingerprint density at radius 1 is 0.951 bits per heavy atom. The number of aryl methyl sites for hydroxylation is 1. The highest BCUT2D eigenvalue weighted by molar-refractivity contribution is 6.01. The SMILES string of the molecule is C[C@@H]1c2ccccc2CCN1C(=O)c1cc(C2CC2)c2cc(-c3ccc(N4CC[C@@H](C(=O)O)C4)cc3F)n(C)c2c1. The van der Waals surface area contributed by atoms with E-state index in [1.54, 1.807) is 6.07 Å². The topological polar surface area (TPSA) is 65.8 Å². The van der Waals surface area contributed by atoms with Crippen LogP contribution in [0.15, 0.2) is 60.7 Å².